The summed E-state index contributed by atoms with van der Waals surface area (Å²) < 4.78 is 9.35. The molecule has 0 aliphatic heterocycles. The number of fused-ring (bicyclic) bond motifs is 3. The van der Waals surface area contributed by atoms with Gasteiger partial charge >= 0.3 is 0 Å². The summed E-state index contributed by atoms with van der Waals surface area (Å²) in [6, 6.07) is 15.0. The van der Waals surface area contributed by atoms with Crippen LogP contribution in [0, 0.1) is 0 Å². The lowest BCUT2D eigenvalue weighted by Gasteiger charge is -2.10. The van der Waals surface area contributed by atoms with Crippen molar-refractivity contribution >= 4 is 40.0 Å². The van der Waals surface area contributed by atoms with E-state index in [9.17, 15) is 4.79 Å². The molecule has 0 saturated heterocycles. The van der Waals surface area contributed by atoms with Crippen molar-refractivity contribution in [2.45, 2.75) is 43.6 Å². The average molecular weight is 480 g/mol. The molecule has 5 aromatic rings. The standard InChI is InChI=1S/C24H22ClN5O2S/c1-2-3-8-13-29-22(31)18-10-5-7-12-20(18)30-23(29)27-28-24(30)33-15-16-14-32-21(26-16)17-9-4-6-11-19(17)25/h4-7,9-12,14H,2-3,8,13,15H2,1H3. The van der Waals surface area contributed by atoms with Gasteiger partial charge in [0, 0.05) is 12.3 Å². The summed E-state index contributed by atoms with van der Waals surface area (Å²) in [5, 5.41) is 10.7. The average Bonchev–Trinajstić information content (AvgIpc) is 3.48. The Morgan fingerprint density at radius 2 is 1.88 bits per heavy atom. The number of halogens is 1. The molecule has 33 heavy (non-hydrogen) atoms. The highest BCUT2D eigenvalue weighted by molar-refractivity contribution is 7.98. The van der Waals surface area contributed by atoms with Gasteiger partial charge in [0.1, 0.15) is 6.26 Å². The molecule has 0 atom stereocenters. The molecule has 7 nitrogen and oxygen atoms in total. The van der Waals surface area contributed by atoms with Crippen LogP contribution in [0.2, 0.25) is 5.02 Å². The number of hydrogen-bond acceptors (Lipinski definition) is 6. The summed E-state index contributed by atoms with van der Waals surface area (Å²) in [6.07, 6.45) is 4.69. The topological polar surface area (TPSA) is 78.2 Å². The van der Waals surface area contributed by atoms with Crippen molar-refractivity contribution in [2.24, 2.45) is 0 Å². The third kappa shape index (κ3) is 4.16. The van der Waals surface area contributed by atoms with Crippen molar-refractivity contribution in [3.63, 3.8) is 0 Å². The monoisotopic (exact) mass is 479 g/mol. The largest absolute Gasteiger partial charge is 0.444 e. The molecule has 5 rings (SSSR count). The number of para-hydroxylation sites is 1. The van der Waals surface area contributed by atoms with Crippen molar-refractivity contribution in [2.75, 3.05) is 0 Å². The zero-order valence-corrected chi connectivity index (χ0v) is 19.6. The Morgan fingerprint density at radius 3 is 2.73 bits per heavy atom. The lowest BCUT2D eigenvalue weighted by molar-refractivity contribution is 0.573. The number of aryl methyl sites for hydroxylation is 1. The molecule has 2 aromatic carbocycles. The van der Waals surface area contributed by atoms with Gasteiger partial charge < -0.3 is 4.42 Å². The minimum absolute atomic E-state index is 0.0287. The quantitative estimate of drug-likeness (QED) is 0.205. The van der Waals surface area contributed by atoms with Crippen LogP contribution in [0.5, 0.6) is 0 Å². The third-order valence-electron chi connectivity index (χ3n) is 5.47. The fourth-order valence-corrected chi connectivity index (χ4v) is 4.85. The SMILES string of the molecule is CCCCCn1c(=O)c2ccccc2n2c(SCc3coc(-c4ccccc4Cl)n3)nnc12. The van der Waals surface area contributed by atoms with E-state index in [4.69, 9.17) is 16.0 Å². The second-order valence-corrected chi connectivity index (χ2v) is 9.06. The lowest BCUT2D eigenvalue weighted by Crippen LogP contribution is -2.23. The van der Waals surface area contributed by atoms with Gasteiger partial charge in [-0.3, -0.25) is 13.8 Å². The highest BCUT2D eigenvalue weighted by Crippen LogP contribution is 2.29. The van der Waals surface area contributed by atoms with E-state index in [1.807, 2.05) is 52.9 Å². The molecule has 3 aromatic heterocycles. The van der Waals surface area contributed by atoms with Gasteiger partial charge in [-0.1, -0.05) is 67.4 Å². The van der Waals surface area contributed by atoms with Crippen LogP contribution in [0.3, 0.4) is 0 Å². The highest BCUT2D eigenvalue weighted by atomic mass is 35.5. The summed E-state index contributed by atoms with van der Waals surface area (Å²) in [5.41, 5.74) is 2.30. The summed E-state index contributed by atoms with van der Waals surface area (Å²) in [4.78, 5) is 17.7. The number of oxazole rings is 1. The summed E-state index contributed by atoms with van der Waals surface area (Å²) in [7, 11) is 0. The van der Waals surface area contributed by atoms with E-state index < -0.39 is 0 Å². The van der Waals surface area contributed by atoms with Crippen LogP contribution in [0.25, 0.3) is 28.1 Å². The molecule has 9 heteroatoms. The van der Waals surface area contributed by atoms with Gasteiger partial charge in [-0.25, -0.2) is 4.98 Å². The van der Waals surface area contributed by atoms with Gasteiger partial charge in [-0.15, -0.1) is 10.2 Å². The van der Waals surface area contributed by atoms with Gasteiger partial charge in [0.2, 0.25) is 11.7 Å². The first-order chi connectivity index (χ1) is 16.2. The summed E-state index contributed by atoms with van der Waals surface area (Å²) in [6.45, 7) is 2.76. The number of thioether (sulfide) groups is 1. The highest BCUT2D eigenvalue weighted by Gasteiger charge is 2.17. The lowest BCUT2D eigenvalue weighted by atomic mass is 10.2. The zero-order valence-electron chi connectivity index (χ0n) is 18.1. The first-order valence-electron chi connectivity index (χ1n) is 10.9. The van der Waals surface area contributed by atoms with E-state index in [0.29, 0.717) is 39.5 Å². The number of nitrogens with zero attached hydrogens (tertiary/aromatic N) is 5. The van der Waals surface area contributed by atoms with Crippen LogP contribution in [-0.4, -0.2) is 24.1 Å². The minimum Gasteiger partial charge on any atom is -0.444 e. The van der Waals surface area contributed by atoms with Crippen LogP contribution < -0.4 is 5.56 Å². The van der Waals surface area contributed by atoms with E-state index in [1.165, 1.54) is 11.8 Å². The van der Waals surface area contributed by atoms with Crippen LogP contribution in [0.15, 0.2) is 69.2 Å². The zero-order chi connectivity index (χ0) is 22.8. The van der Waals surface area contributed by atoms with Gasteiger partial charge in [-0.2, -0.15) is 0 Å². The Hall–Kier alpha value is -3.10. The Kier molecular flexibility index (Phi) is 6.20. The Morgan fingerprint density at radius 1 is 1.06 bits per heavy atom. The fraction of sp³-hybridized carbons (Fsp3) is 0.250. The predicted octanol–water partition coefficient (Wildman–Crippen LogP) is 5.84. The number of rotatable bonds is 8. The van der Waals surface area contributed by atoms with E-state index in [2.05, 4.69) is 22.1 Å². The Bertz CT molecular complexity index is 1490. The third-order valence-corrected chi connectivity index (χ3v) is 6.76. The second-order valence-electron chi connectivity index (χ2n) is 7.71. The fourth-order valence-electron chi connectivity index (χ4n) is 3.82. The minimum atomic E-state index is -0.0287. The maximum Gasteiger partial charge on any atom is 0.262 e. The van der Waals surface area contributed by atoms with E-state index >= 15 is 0 Å². The molecule has 0 unspecified atom stereocenters. The number of unbranched alkanes of at least 4 members (excludes halogenated alkanes) is 2. The molecule has 0 bridgehead atoms. The molecule has 0 radical (unpaired) electrons. The van der Waals surface area contributed by atoms with Gasteiger partial charge in [0.15, 0.2) is 5.16 Å². The van der Waals surface area contributed by atoms with Crippen molar-refractivity contribution in [1.82, 2.24) is 24.1 Å². The van der Waals surface area contributed by atoms with Crippen molar-refractivity contribution in [1.29, 1.82) is 0 Å². The second kappa shape index (κ2) is 9.41. The normalized spacial score (nSPS) is 11.6. The Balaban J connectivity index is 1.48. The molecule has 0 aliphatic carbocycles. The van der Waals surface area contributed by atoms with Gasteiger partial charge in [0.25, 0.3) is 5.56 Å². The summed E-state index contributed by atoms with van der Waals surface area (Å²) >= 11 is 7.76. The smallest absolute Gasteiger partial charge is 0.262 e. The molecule has 0 spiro atoms. The first-order valence-corrected chi connectivity index (χ1v) is 12.2. The van der Waals surface area contributed by atoms with Crippen LogP contribution >= 0.6 is 23.4 Å². The molecule has 0 aliphatic rings. The van der Waals surface area contributed by atoms with Crippen molar-refractivity contribution < 1.29 is 4.42 Å². The van der Waals surface area contributed by atoms with Gasteiger partial charge in [0.05, 0.1) is 27.2 Å². The predicted molar refractivity (Wildman–Crippen MR) is 131 cm³/mol. The molecule has 0 N–H and O–H groups in total. The maximum absolute atomic E-state index is 13.1. The first kappa shape index (κ1) is 21.7. The van der Waals surface area contributed by atoms with Crippen LogP contribution in [0.1, 0.15) is 31.9 Å². The number of hydrogen-bond donors (Lipinski definition) is 0. The van der Waals surface area contributed by atoms with E-state index in [0.717, 1.165) is 36.0 Å². The molecule has 3 heterocycles. The van der Waals surface area contributed by atoms with Gasteiger partial charge in [-0.05, 0) is 30.7 Å². The van der Waals surface area contributed by atoms with E-state index in [1.54, 1.807) is 10.8 Å². The molecule has 0 amide bonds. The maximum atomic E-state index is 13.1. The van der Waals surface area contributed by atoms with Crippen LogP contribution in [0.4, 0.5) is 0 Å². The molecular weight excluding hydrogens is 458 g/mol. The van der Waals surface area contributed by atoms with E-state index in [-0.39, 0.29) is 5.56 Å². The van der Waals surface area contributed by atoms with Crippen molar-refractivity contribution in [3.05, 3.63) is 75.9 Å². The molecule has 0 saturated carbocycles. The Labute approximate surface area is 199 Å². The van der Waals surface area contributed by atoms with Crippen LogP contribution in [-0.2, 0) is 12.3 Å². The molecule has 0 fully saturated rings. The van der Waals surface area contributed by atoms with Crippen molar-refractivity contribution in [3.8, 4) is 11.5 Å². The molecule has 168 valence electrons. The molecular formula is C24H22ClN5O2S. The number of benzene rings is 2. The summed E-state index contributed by atoms with van der Waals surface area (Å²) in [5.74, 6) is 1.59. The number of aromatic nitrogens is 5.